The summed E-state index contributed by atoms with van der Waals surface area (Å²) in [7, 11) is -4.86. The normalized spacial score (nSPS) is 14.1. The molecule has 0 bridgehead atoms. The molecule has 0 aromatic heterocycles. The standard InChI is InChI=1S/C39H75O10P/c1-3-5-7-9-11-13-15-17-19-21-23-25-27-29-31-39(43)49-37(35-48-50(44,45)47-33-36(41)32-40)34-46-38(42)30-28-26-24-22-20-18-16-14-12-10-8-6-4-2/h15,17,36-37,40-41H,3-14,16,18-35H2,1-2H3,(H,44,45)/p-1/b17-15-/t36-,37+/m0/s1. The molecule has 0 heterocycles. The lowest BCUT2D eigenvalue weighted by Crippen LogP contribution is -2.30. The molecule has 0 fully saturated rings. The largest absolute Gasteiger partial charge is 0.756 e. The predicted molar refractivity (Wildman–Crippen MR) is 199 cm³/mol. The smallest absolute Gasteiger partial charge is 0.306 e. The Balaban J connectivity index is 4.34. The second-order valence-electron chi connectivity index (χ2n) is 13.6. The van der Waals surface area contributed by atoms with Crippen molar-refractivity contribution in [2.24, 2.45) is 0 Å². The Hall–Kier alpha value is -1.29. The van der Waals surface area contributed by atoms with E-state index in [2.05, 4.69) is 30.5 Å². The highest BCUT2D eigenvalue weighted by Crippen LogP contribution is 2.38. The third-order valence-electron chi connectivity index (χ3n) is 8.66. The molecular formula is C39H74O10P-. The van der Waals surface area contributed by atoms with Crippen LogP contribution in [0.2, 0.25) is 0 Å². The van der Waals surface area contributed by atoms with Crippen molar-refractivity contribution in [1.29, 1.82) is 0 Å². The van der Waals surface area contributed by atoms with E-state index >= 15 is 0 Å². The van der Waals surface area contributed by atoms with Crippen molar-refractivity contribution < 1.29 is 47.8 Å². The maximum absolute atomic E-state index is 12.5. The molecule has 0 radical (unpaired) electrons. The lowest BCUT2D eigenvalue weighted by atomic mass is 10.0. The molecule has 0 amide bonds. The minimum Gasteiger partial charge on any atom is -0.756 e. The van der Waals surface area contributed by atoms with E-state index in [1.54, 1.807) is 0 Å². The summed E-state index contributed by atoms with van der Waals surface area (Å²) in [6.45, 7) is 2.18. The van der Waals surface area contributed by atoms with Gasteiger partial charge in [0.2, 0.25) is 0 Å². The van der Waals surface area contributed by atoms with Gasteiger partial charge in [0.1, 0.15) is 12.7 Å². The van der Waals surface area contributed by atoms with E-state index in [0.717, 1.165) is 57.8 Å². The molecule has 1 unspecified atom stereocenters. The van der Waals surface area contributed by atoms with E-state index in [-0.39, 0.29) is 19.4 Å². The number of aliphatic hydroxyl groups excluding tert-OH is 2. The van der Waals surface area contributed by atoms with Crippen molar-refractivity contribution in [2.75, 3.05) is 26.4 Å². The van der Waals surface area contributed by atoms with Crippen molar-refractivity contribution in [3.63, 3.8) is 0 Å². The number of aliphatic hydroxyl groups is 2. The van der Waals surface area contributed by atoms with Crippen molar-refractivity contribution in [3.05, 3.63) is 12.2 Å². The van der Waals surface area contributed by atoms with Gasteiger partial charge < -0.3 is 33.6 Å². The van der Waals surface area contributed by atoms with Gasteiger partial charge in [-0.05, 0) is 38.5 Å². The summed E-state index contributed by atoms with van der Waals surface area (Å²) in [5, 5.41) is 18.2. The van der Waals surface area contributed by atoms with Gasteiger partial charge >= 0.3 is 11.9 Å². The molecule has 2 N–H and O–H groups in total. The molecular weight excluding hydrogens is 659 g/mol. The Labute approximate surface area is 305 Å². The van der Waals surface area contributed by atoms with E-state index < -0.39 is 51.8 Å². The minimum absolute atomic E-state index is 0.162. The maximum Gasteiger partial charge on any atom is 0.306 e. The summed E-state index contributed by atoms with van der Waals surface area (Å²) in [5.41, 5.74) is 0. The van der Waals surface area contributed by atoms with Crippen LogP contribution in [0, 0.1) is 0 Å². The van der Waals surface area contributed by atoms with Crippen molar-refractivity contribution >= 4 is 19.8 Å². The molecule has 0 aliphatic rings. The van der Waals surface area contributed by atoms with Gasteiger partial charge in [-0.15, -0.1) is 0 Å². The summed E-state index contributed by atoms with van der Waals surface area (Å²) < 4.78 is 32.2. The number of phosphoric ester groups is 1. The SMILES string of the molecule is CCCCCCC/C=C\CCCCCCCC(=O)O[C@H](COC(=O)CCCCCCCCCCCCCCC)COP(=O)([O-])OC[C@@H](O)CO. The molecule has 0 aliphatic carbocycles. The highest BCUT2D eigenvalue weighted by atomic mass is 31.2. The van der Waals surface area contributed by atoms with Crippen molar-refractivity contribution in [2.45, 2.75) is 199 Å². The molecule has 0 aromatic rings. The molecule has 50 heavy (non-hydrogen) atoms. The van der Waals surface area contributed by atoms with Crippen LogP contribution in [0.1, 0.15) is 187 Å². The quantitative estimate of drug-likeness (QED) is 0.0272. The second kappa shape index (κ2) is 36.1. The fraction of sp³-hybridized carbons (Fsp3) is 0.897. The summed E-state index contributed by atoms with van der Waals surface area (Å²) in [5.74, 6) is -0.964. The Morgan fingerprint density at radius 2 is 1.00 bits per heavy atom. The van der Waals surface area contributed by atoms with E-state index in [1.807, 2.05) is 0 Å². The van der Waals surface area contributed by atoms with Crippen LogP contribution in [0.15, 0.2) is 12.2 Å². The minimum atomic E-state index is -4.86. The highest BCUT2D eigenvalue weighted by molar-refractivity contribution is 7.45. The lowest BCUT2D eigenvalue weighted by molar-refractivity contribution is -0.230. The number of carbonyl (C=O) groups is 2. The first-order valence-corrected chi connectivity index (χ1v) is 21.6. The van der Waals surface area contributed by atoms with E-state index in [9.17, 15) is 24.2 Å². The zero-order chi connectivity index (χ0) is 37.0. The van der Waals surface area contributed by atoms with Crippen LogP contribution in [0.5, 0.6) is 0 Å². The van der Waals surface area contributed by atoms with E-state index in [4.69, 9.17) is 19.1 Å². The van der Waals surface area contributed by atoms with Gasteiger partial charge in [-0.1, -0.05) is 148 Å². The topological polar surface area (TPSA) is 152 Å². The van der Waals surface area contributed by atoms with E-state index in [1.165, 1.54) is 89.9 Å². The molecule has 0 saturated heterocycles. The first-order chi connectivity index (χ1) is 24.2. The van der Waals surface area contributed by atoms with E-state index in [0.29, 0.717) is 12.8 Å². The summed E-state index contributed by atoms with van der Waals surface area (Å²) in [6.07, 6.45) is 31.5. The van der Waals surface area contributed by atoms with Gasteiger partial charge in [-0.3, -0.25) is 14.2 Å². The number of hydrogen-bond donors (Lipinski definition) is 2. The van der Waals surface area contributed by atoms with Crippen LogP contribution >= 0.6 is 7.82 Å². The summed E-state index contributed by atoms with van der Waals surface area (Å²) >= 11 is 0. The van der Waals surface area contributed by atoms with Gasteiger partial charge in [0, 0.05) is 12.8 Å². The zero-order valence-corrected chi connectivity index (χ0v) is 32.7. The molecule has 0 saturated carbocycles. The average Bonchev–Trinajstić information content (AvgIpc) is 3.10. The van der Waals surface area contributed by atoms with Crippen LogP contribution in [-0.2, 0) is 32.7 Å². The van der Waals surface area contributed by atoms with Gasteiger partial charge in [0.25, 0.3) is 7.82 Å². The second-order valence-corrected chi connectivity index (χ2v) is 15.1. The monoisotopic (exact) mass is 734 g/mol. The van der Waals surface area contributed by atoms with Gasteiger partial charge in [0.05, 0.1) is 19.8 Å². The Kier molecular flexibility index (Phi) is 35.2. The third kappa shape index (κ3) is 35.1. The van der Waals surface area contributed by atoms with Crippen molar-refractivity contribution in [3.8, 4) is 0 Å². The molecule has 3 atom stereocenters. The first-order valence-electron chi connectivity index (χ1n) is 20.1. The zero-order valence-electron chi connectivity index (χ0n) is 31.8. The van der Waals surface area contributed by atoms with Gasteiger partial charge in [0.15, 0.2) is 6.10 Å². The molecule has 0 aromatic carbocycles. The fourth-order valence-electron chi connectivity index (χ4n) is 5.51. The number of hydrogen-bond acceptors (Lipinski definition) is 10. The van der Waals surface area contributed by atoms with Crippen LogP contribution in [-0.4, -0.2) is 60.8 Å². The fourth-order valence-corrected chi connectivity index (χ4v) is 6.29. The van der Waals surface area contributed by atoms with Crippen LogP contribution in [0.4, 0.5) is 0 Å². The molecule has 296 valence electrons. The van der Waals surface area contributed by atoms with Crippen LogP contribution in [0.25, 0.3) is 0 Å². The lowest BCUT2D eigenvalue weighted by Gasteiger charge is -2.26. The highest BCUT2D eigenvalue weighted by Gasteiger charge is 2.21. The first kappa shape index (κ1) is 48.7. The molecule has 0 spiro atoms. The Bertz CT molecular complexity index is 853. The maximum atomic E-state index is 12.5. The van der Waals surface area contributed by atoms with Gasteiger partial charge in [-0.2, -0.15) is 0 Å². The number of allylic oxidation sites excluding steroid dienone is 2. The number of carbonyl (C=O) groups excluding carboxylic acids is 2. The average molecular weight is 734 g/mol. The predicted octanol–water partition coefficient (Wildman–Crippen LogP) is 9.42. The Morgan fingerprint density at radius 3 is 1.46 bits per heavy atom. The molecule has 10 nitrogen and oxygen atoms in total. The molecule has 0 rings (SSSR count). The summed E-state index contributed by atoms with van der Waals surface area (Å²) in [6, 6.07) is 0. The molecule has 0 aliphatic heterocycles. The number of rotatable bonds is 38. The number of phosphoric acid groups is 1. The number of ether oxygens (including phenoxy) is 2. The van der Waals surface area contributed by atoms with Crippen molar-refractivity contribution in [1.82, 2.24) is 0 Å². The number of esters is 2. The third-order valence-corrected chi connectivity index (χ3v) is 9.59. The van der Waals surface area contributed by atoms with Crippen LogP contribution in [0.3, 0.4) is 0 Å². The van der Waals surface area contributed by atoms with Gasteiger partial charge in [-0.25, -0.2) is 0 Å². The van der Waals surface area contributed by atoms with Crippen LogP contribution < -0.4 is 4.89 Å². The number of unbranched alkanes of at least 4 members (excludes halogenated alkanes) is 22. The summed E-state index contributed by atoms with van der Waals surface area (Å²) in [4.78, 5) is 37.0. The molecule has 11 heteroatoms. The Morgan fingerprint density at radius 1 is 0.600 bits per heavy atom.